The summed E-state index contributed by atoms with van der Waals surface area (Å²) in [7, 11) is 0. The molecule has 1 aliphatic rings. The van der Waals surface area contributed by atoms with Gasteiger partial charge < -0.3 is 20.7 Å². The van der Waals surface area contributed by atoms with Crippen molar-refractivity contribution in [1.29, 1.82) is 0 Å². The van der Waals surface area contributed by atoms with Crippen LogP contribution < -0.4 is 16.4 Å². The lowest BCUT2D eigenvalue weighted by atomic mass is 9.92. The molecule has 0 spiro atoms. The molecule has 1 aliphatic carbocycles. The Balaban J connectivity index is 1.39. The van der Waals surface area contributed by atoms with Gasteiger partial charge in [0.05, 0.1) is 28.9 Å². The summed E-state index contributed by atoms with van der Waals surface area (Å²) in [5.41, 5.74) is 8.07. The quantitative estimate of drug-likeness (QED) is 0.311. The number of anilines is 3. The van der Waals surface area contributed by atoms with Crippen molar-refractivity contribution >= 4 is 34.5 Å². The minimum Gasteiger partial charge on any atom is -0.393 e. The van der Waals surface area contributed by atoms with Gasteiger partial charge in [-0.25, -0.2) is 23.8 Å². The smallest absolute Gasteiger partial charge is 0.326 e. The lowest BCUT2D eigenvalue weighted by molar-refractivity contribution is 0.109. The molecule has 0 aliphatic heterocycles. The Morgan fingerprint density at radius 3 is 2.59 bits per heavy atom. The Bertz CT molecular complexity index is 1450. The van der Waals surface area contributed by atoms with Crippen molar-refractivity contribution in [3.05, 3.63) is 42.1 Å². The van der Waals surface area contributed by atoms with E-state index in [9.17, 15) is 9.90 Å². The monoisotopic (exact) mass is 508 g/mol. The van der Waals surface area contributed by atoms with Gasteiger partial charge in [0, 0.05) is 17.0 Å². The second kappa shape index (κ2) is 9.43. The van der Waals surface area contributed by atoms with Crippen molar-refractivity contribution in [3.8, 4) is 11.3 Å². The maximum Gasteiger partial charge on any atom is 0.326 e. The van der Waals surface area contributed by atoms with E-state index in [2.05, 4.69) is 25.8 Å². The minimum atomic E-state index is -0.671. The standard InChI is InChI=1S/C25H29FN8O3/c1-25(2,3)18-11-19(37-33-18)31-24(36)30-17-9-4-13(10-16(17)26)21-20-22(27)28-12-29-23(20)34(32-21)14-5-7-15(35)8-6-14/h4,9-12,14-15,35H,5-8H2,1-3H3,(H2,27,28,29)(H2,30,31,36). The Labute approximate surface area is 212 Å². The summed E-state index contributed by atoms with van der Waals surface area (Å²) in [5, 5.41) is 24.1. The number of halogens is 1. The number of nitrogens with zero attached hydrogens (tertiary/aromatic N) is 5. The molecule has 3 heterocycles. The van der Waals surface area contributed by atoms with E-state index in [4.69, 9.17) is 15.4 Å². The molecule has 37 heavy (non-hydrogen) atoms. The predicted molar refractivity (Wildman–Crippen MR) is 136 cm³/mol. The van der Waals surface area contributed by atoms with Crippen LogP contribution in [0.25, 0.3) is 22.3 Å². The van der Waals surface area contributed by atoms with E-state index in [1.54, 1.807) is 16.8 Å². The first-order valence-corrected chi connectivity index (χ1v) is 12.1. The lowest BCUT2D eigenvalue weighted by Crippen LogP contribution is -2.22. The molecule has 1 aromatic carbocycles. The van der Waals surface area contributed by atoms with Crippen LogP contribution in [-0.4, -0.2) is 42.1 Å². The fraction of sp³-hybridized carbons (Fsp3) is 0.400. The topological polar surface area (TPSA) is 157 Å². The van der Waals surface area contributed by atoms with Crippen molar-refractivity contribution in [2.24, 2.45) is 0 Å². The van der Waals surface area contributed by atoms with Gasteiger partial charge in [-0.2, -0.15) is 5.10 Å². The number of carbonyl (C=O) groups is 1. The van der Waals surface area contributed by atoms with Gasteiger partial charge in [0.15, 0.2) is 5.65 Å². The molecule has 0 atom stereocenters. The van der Waals surface area contributed by atoms with Gasteiger partial charge in [-0.05, 0) is 37.8 Å². The normalized spacial score (nSPS) is 18.2. The minimum absolute atomic E-state index is 0.0222. The van der Waals surface area contributed by atoms with Gasteiger partial charge in [-0.3, -0.25) is 5.32 Å². The number of nitrogens with two attached hydrogens (primary N) is 1. The zero-order valence-electron chi connectivity index (χ0n) is 20.8. The number of aromatic nitrogens is 5. The summed E-state index contributed by atoms with van der Waals surface area (Å²) in [6.07, 6.45) is 3.90. The highest BCUT2D eigenvalue weighted by Crippen LogP contribution is 2.36. The number of hydrogen-bond donors (Lipinski definition) is 4. The first-order valence-electron chi connectivity index (χ1n) is 12.1. The van der Waals surface area contributed by atoms with Crippen LogP contribution in [0.15, 0.2) is 35.1 Å². The van der Waals surface area contributed by atoms with Gasteiger partial charge in [-0.1, -0.05) is 32.0 Å². The van der Waals surface area contributed by atoms with Gasteiger partial charge in [0.1, 0.15) is 23.7 Å². The third kappa shape index (κ3) is 4.96. The number of carbonyl (C=O) groups excluding carboxylic acids is 1. The highest BCUT2D eigenvalue weighted by Gasteiger charge is 2.26. The zero-order valence-corrected chi connectivity index (χ0v) is 20.8. The number of fused-ring (bicyclic) bond motifs is 1. The van der Waals surface area contributed by atoms with Crippen LogP contribution >= 0.6 is 0 Å². The molecule has 4 aromatic rings. The second-order valence-electron chi connectivity index (χ2n) is 10.3. The van der Waals surface area contributed by atoms with Crippen LogP contribution in [0.4, 0.5) is 26.6 Å². The van der Waals surface area contributed by atoms with E-state index < -0.39 is 11.8 Å². The highest BCUT2D eigenvalue weighted by atomic mass is 19.1. The van der Waals surface area contributed by atoms with Gasteiger partial charge in [0.2, 0.25) is 5.88 Å². The van der Waals surface area contributed by atoms with Crippen molar-refractivity contribution < 1.29 is 18.8 Å². The molecule has 2 amide bonds. The Morgan fingerprint density at radius 2 is 1.92 bits per heavy atom. The van der Waals surface area contributed by atoms with Crippen molar-refractivity contribution in [3.63, 3.8) is 0 Å². The molecule has 3 aromatic heterocycles. The average molecular weight is 509 g/mol. The molecule has 1 saturated carbocycles. The molecule has 12 heteroatoms. The maximum absolute atomic E-state index is 15.1. The SMILES string of the molecule is CC(C)(C)c1cc(NC(=O)Nc2ccc(-c3nn(C4CCC(O)CC4)c4ncnc(N)c34)cc2F)on1. The summed E-state index contributed by atoms with van der Waals surface area (Å²) in [6, 6.07) is 5.37. The second-order valence-corrected chi connectivity index (χ2v) is 10.3. The van der Waals surface area contributed by atoms with E-state index in [1.807, 2.05) is 20.8 Å². The number of aliphatic hydroxyl groups excluding tert-OH is 1. The molecule has 0 bridgehead atoms. The van der Waals surface area contributed by atoms with Gasteiger partial charge in [0.25, 0.3) is 0 Å². The van der Waals surface area contributed by atoms with Crippen molar-refractivity contribution in [1.82, 2.24) is 24.9 Å². The molecule has 194 valence electrons. The maximum atomic E-state index is 15.1. The molecule has 0 saturated heterocycles. The average Bonchev–Trinajstić information content (AvgIpc) is 3.47. The van der Waals surface area contributed by atoms with Crippen molar-refractivity contribution in [2.75, 3.05) is 16.4 Å². The molecule has 5 N–H and O–H groups in total. The zero-order chi connectivity index (χ0) is 26.3. The number of nitrogen functional groups attached to an aromatic ring is 1. The van der Waals surface area contributed by atoms with E-state index in [0.29, 0.717) is 40.8 Å². The molecule has 0 radical (unpaired) electrons. The van der Waals surface area contributed by atoms with Crippen LogP contribution in [-0.2, 0) is 5.41 Å². The summed E-state index contributed by atoms with van der Waals surface area (Å²) in [6.45, 7) is 5.91. The van der Waals surface area contributed by atoms with Crippen LogP contribution in [0.5, 0.6) is 0 Å². The van der Waals surface area contributed by atoms with Crippen molar-refractivity contribution in [2.45, 2.75) is 64.0 Å². The first kappa shape index (κ1) is 24.6. The Kier molecular flexibility index (Phi) is 6.28. The molecule has 11 nitrogen and oxygen atoms in total. The Hall–Kier alpha value is -4.06. The number of benzene rings is 1. The lowest BCUT2D eigenvalue weighted by Gasteiger charge is -2.25. The first-order chi connectivity index (χ1) is 17.6. The molecule has 5 rings (SSSR count). The molecule has 0 unspecified atom stereocenters. The van der Waals surface area contributed by atoms with Gasteiger partial charge >= 0.3 is 6.03 Å². The molecule has 1 fully saturated rings. The fourth-order valence-corrected chi connectivity index (χ4v) is 4.47. The Morgan fingerprint density at radius 1 is 1.16 bits per heavy atom. The van der Waals surface area contributed by atoms with Crippen LogP contribution in [0, 0.1) is 5.82 Å². The van der Waals surface area contributed by atoms with E-state index in [1.165, 1.54) is 18.5 Å². The highest BCUT2D eigenvalue weighted by molar-refractivity contribution is 6.00. The number of amides is 2. The summed E-state index contributed by atoms with van der Waals surface area (Å²) in [4.78, 5) is 20.9. The summed E-state index contributed by atoms with van der Waals surface area (Å²) < 4.78 is 22.1. The predicted octanol–water partition coefficient (Wildman–Crippen LogP) is 4.62. The number of aliphatic hydroxyl groups is 1. The number of urea groups is 1. The molecular formula is C25H29FN8O3. The largest absolute Gasteiger partial charge is 0.393 e. The van der Waals surface area contributed by atoms with Crippen LogP contribution in [0.2, 0.25) is 0 Å². The molecular weight excluding hydrogens is 479 g/mol. The summed E-state index contributed by atoms with van der Waals surface area (Å²) >= 11 is 0. The number of rotatable bonds is 4. The van der Waals surface area contributed by atoms with Gasteiger partial charge in [-0.15, -0.1) is 0 Å². The van der Waals surface area contributed by atoms with E-state index in [-0.39, 0.29) is 35.0 Å². The van der Waals surface area contributed by atoms with E-state index >= 15 is 4.39 Å². The van der Waals surface area contributed by atoms with E-state index in [0.717, 1.165) is 12.8 Å². The fourth-order valence-electron chi connectivity index (χ4n) is 4.47. The van der Waals surface area contributed by atoms with Crippen LogP contribution in [0.1, 0.15) is 58.2 Å². The third-order valence-electron chi connectivity index (χ3n) is 6.54. The van der Waals surface area contributed by atoms with Crippen LogP contribution in [0.3, 0.4) is 0 Å². The number of hydrogen-bond acceptors (Lipinski definition) is 8. The third-order valence-corrected chi connectivity index (χ3v) is 6.54. The number of nitrogens with one attached hydrogen (secondary N) is 2. The summed E-state index contributed by atoms with van der Waals surface area (Å²) in [5.74, 6) is -0.257.